The highest BCUT2D eigenvalue weighted by Crippen LogP contribution is 2.39. The number of aromatic nitrogens is 1. The predicted molar refractivity (Wildman–Crippen MR) is 134 cm³/mol. The summed E-state index contributed by atoms with van der Waals surface area (Å²) in [7, 11) is 0. The zero-order valence-electron chi connectivity index (χ0n) is 17.4. The Morgan fingerprint density at radius 3 is 2.25 bits per heavy atom. The van der Waals surface area contributed by atoms with E-state index in [1.54, 1.807) is 6.07 Å². The lowest BCUT2D eigenvalue weighted by Gasteiger charge is -2.11. The number of hydrogen-bond donors (Lipinski definition) is 1. The second kappa shape index (κ2) is 8.01. The van der Waals surface area contributed by atoms with Crippen LogP contribution in [-0.4, -0.2) is 10.5 Å². The van der Waals surface area contributed by atoms with Gasteiger partial charge in [0.05, 0.1) is 11.0 Å². The van der Waals surface area contributed by atoms with Crippen LogP contribution in [0.5, 0.6) is 0 Å². The molecule has 1 aromatic heterocycles. The minimum Gasteiger partial charge on any atom is -0.366 e. The fourth-order valence-corrected chi connectivity index (χ4v) is 4.94. The van der Waals surface area contributed by atoms with Gasteiger partial charge in [0.1, 0.15) is 0 Å². The van der Waals surface area contributed by atoms with Crippen LogP contribution in [0.2, 0.25) is 10.0 Å². The van der Waals surface area contributed by atoms with E-state index in [4.69, 9.17) is 28.9 Å². The molecule has 5 aromatic rings. The quantitative estimate of drug-likeness (QED) is 0.303. The Hall–Kier alpha value is -3.27. The van der Waals surface area contributed by atoms with Crippen LogP contribution in [0.25, 0.3) is 32.9 Å². The molecule has 0 saturated heterocycles. The van der Waals surface area contributed by atoms with Crippen molar-refractivity contribution < 1.29 is 4.79 Å². The van der Waals surface area contributed by atoms with Gasteiger partial charge in [0.2, 0.25) is 5.91 Å². The number of nitrogens with two attached hydrogens (primary N) is 1. The molecule has 2 N–H and O–H groups in total. The number of hydrogen-bond acceptors (Lipinski definition) is 1. The van der Waals surface area contributed by atoms with Crippen LogP contribution < -0.4 is 5.73 Å². The second-order valence-electron chi connectivity index (χ2n) is 7.96. The van der Waals surface area contributed by atoms with Crippen molar-refractivity contribution >= 4 is 50.9 Å². The number of aryl methyl sites for hydroxylation is 1. The Kier molecular flexibility index (Phi) is 5.16. The molecule has 0 radical (unpaired) electrons. The maximum absolute atomic E-state index is 12.2. The van der Waals surface area contributed by atoms with Gasteiger partial charge in [-0.2, -0.15) is 0 Å². The Morgan fingerprint density at radius 1 is 0.875 bits per heavy atom. The molecule has 3 nitrogen and oxygen atoms in total. The Balaban J connectivity index is 1.82. The van der Waals surface area contributed by atoms with Crippen LogP contribution in [0.15, 0.2) is 78.9 Å². The summed E-state index contributed by atoms with van der Waals surface area (Å²) < 4.78 is 2.22. The molecule has 0 aliphatic carbocycles. The number of benzene rings is 4. The number of carbonyl (C=O) groups is 1. The number of rotatable bonds is 4. The van der Waals surface area contributed by atoms with Crippen LogP contribution in [-0.2, 0) is 6.54 Å². The van der Waals surface area contributed by atoms with Crippen molar-refractivity contribution in [3.63, 3.8) is 0 Å². The van der Waals surface area contributed by atoms with E-state index in [9.17, 15) is 4.79 Å². The minimum atomic E-state index is -0.441. The van der Waals surface area contributed by atoms with Gasteiger partial charge in [-0.15, -0.1) is 0 Å². The third-order valence-corrected chi connectivity index (χ3v) is 6.50. The monoisotopic (exact) mass is 458 g/mol. The van der Waals surface area contributed by atoms with Gasteiger partial charge in [-0.05, 0) is 48.4 Å². The van der Waals surface area contributed by atoms with Crippen LogP contribution in [0.3, 0.4) is 0 Å². The number of nitrogens with zero attached hydrogens (tertiary/aromatic N) is 1. The van der Waals surface area contributed by atoms with Crippen molar-refractivity contribution in [2.45, 2.75) is 13.5 Å². The average Bonchev–Trinajstić information content (AvgIpc) is 3.08. The number of halogens is 2. The van der Waals surface area contributed by atoms with Crippen LogP contribution in [0.4, 0.5) is 0 Å². The van der Waals surface area contributed by atoms with Gasteiger partial charge in [-0.25, -0.2) is 0 Å². The number of amides is 1. The predicted octanol–water partition coefficient (Wildman–Crippen LogP) is 7.22. The van der Waals surface area contributed by atoms with E-state index in [0.717, 1.165) is 32.9 Å². The molecule has 158 valence electrons. The summed E-state index contributed by atoms with van der Waals surface area (Å²) >= 11 is 13.0. The molecular weight excluding hydrogens is 439 g/mol. The molecule has 4 aromatic carbocycles. The van der Waals surface area contributed by atoms with E-state index in [1.165, 1.54) is 11.1 Å². The molecule has 0 bridgehead atoms. The molecular formula is C27H20Cl2N2O. The van der Waals surface area contributed by atoms with Gasteiger partial charge in [-0.1, -0.05) is 77.3 Å². The summed E-state index contributed by atoms with van der Waals surface area (Å²) in [6.45, 7) is 2.73. The van der Waals surface area contributed by atoms with Crippen molar-refractivity contribution in [3.05, 3.63) is 106 Å². The fourth-order valence-electron chi connectivity index (χ4n) is 4.33. The zero-order chi connectivity index (χ0) is 22.4. The van der Waals surface area contributed by atoms with E-state index >= 15 is 0 Å². The molecule has 1 amide bonds. The first-order valence-electron chi connectivity index (χ1n) is 10.3. The first-order chi connectivity index (χ1) is 15.4. The van der Waals surface area contributed by atoms with Crippen LogP contribution >= 0.6 is 23.2 Å². The van der Waals surface area contributed by atoms with Gasteiger partial charge < -0.3 is 10.3 Å². The first-order valence-corrected chi connectivity index (χ1v) is 11.0. The maximum Gasteiger partial charge on any atom is 0.249 e. The molecule has 0 atom stereocenters. The van der Waals surface area contributed by atoms with E-state index in [0.29, 0.717) is 22.2 Å². The Bertz CT molecular complexity index is 1480. The van der Waals surface area contributed by atoms with Gasteiger partial charge in [-0.3, -0.25) is 4.79 Å². The van der Waals surface area contributed by atoms with E-state index in [2.05, 4.69) is 41.8 Å². The summed E-state index contributed by atoms with van der Waals surface area (Å²) in [6, 6.07) is 25.7. The van der Waals surface area contributed by atoms with E-state index < -0.39 is 5.91 Å². The molecule has 0 saturated carbocycles. The lowest BCUT2D eigenvalue weighted by atomic mass is 10.0. The summed E-state index contributed by atoms with van der Waals surface area (Å²) in [4.78, 5) is 12.2. The van der Waals surface area contributed by atoms with Crippen molar-refractivity contribution in [3.8, 4) is 11.1 Å². The molecule has 1 heterocycles. The summed E-state index contributed by atoms with van der Waals surface area (Å²) in [5.41, 5.74) is 12.3. The fraction of sp³-hybridized carbons (Fsp3) is 0.0741. The zero-order valence-corrected chi connectivity index (χ0v) is 18.9. The Labute approximate surface area is 196 Å². The topological polar surface area (TPSA) is 48.0 Å². The van der Waals surface area contributed by atoms with Crippen LogP contribution in [0.1, 0.15) is 21.5 Å². The van der Waals surface area contributed by atoms with Crippen molar-refractivity contribution in [2.75, 3.05) is 0 Å². The lowest BCUT2D eigenvalue weighted by molar-refractivity contribution is 0.100. The molecule has 5 rings (SSSR count). The molecule has 5 heteroatoms. The minimum absolute atomic E-state index is 0.441. The Morgan fingerprint density at radius 2 is 1.56 bits per heavy atom. The van der Waals surface area contributed by atoms with Gasteiger partial charge in [0.25, 0.3) is 0 Å². The van der Waals surface area contributed by atoms with Gasteiger partial charge in [0, 0.05) is 38.5 Å². The molecule has 0 fully saturated rings. The van der Waals surface area contributed by atoms with Crippen molar-refractivity contribution in [1.82, 2.24) is 4.57 Å². The maximum atomic E-state index is 12.2. The van der Waals surface area contributed by atoms with E-state index in [-0.39, 0.29) is 0 Å². The highest BCUT2D eigenvalue weighted by atomic mass is 35.5. The second-order valence-corrected chi connectivity index (χ2v) is 8.78. The van der Waals surface area contributed by atoms with Crippen molar-refractivity contribution in [2.24, 2.45) is 5.73 Å². The third kappa shape index (κ3) is 3.44. The average molecular weight is 459 g/mol. The highest BCUT2D eigenvalue weighted by Gasteiger charge is 2.18. The summed E-state index contributed by atoms with van der Waals surface area (Å²) in [6.07, 6.45) is 0. The largest absolute Gasteiger partial charge is 0.366 e. The lowest BCUT2D eigenvalue weighted by Crippen LogP contribution is -2.11. The molecule has 32 heavy (non-hydrogen) atoms. The molecule has 0 aliphatic rings. The highest BCUT2D eigenvalue weighted by molar-refractivity contribution is 6.39. The number of primary amides is 1. The normalized spacial score (nSPS) is 11.3. The first kappa shape index (κ1) is 20.6. The van der Waals surface area contributed by atoms with E-state index in [1.807, 2.05) is 42.5 Å². The number of carbonyl (C=O) groups excluding carboxylic acids is 1. The molecule has 0 aliphatic heterocycles. The molecule has 0 unspecified atom stereocenters. The van der Waals surface area contributed by atoms with Gasteiger partial charge >= 0.3 is 0 Å². The SMILES string of the molecule is Cc1ccc(Cn2c3cc(-c4c(Cl)cccc4Cl)ccc3c3c(C(N)=O)cccc32)cc1. The van der Waals surface area contributed by atoms with Crippen LogP contribution in [0, 0.1) is 6.92 Å². The van der Waals surface area contributed by atoms with Crippen molar-refractivity contribution in [1.29, 1.82) is 0 Å². The molecule has 0 spiro atoms. The summed E-state index contributed by atoms with van der Waals surface area (Å²) in [5.74, 6) is -0.441. The standard InChI is InChI=1S/C27H20Cl2N2O/c1-16-8-10-17(11-9-16)15-31-23-7-2-4-20(27(30)32)26(23)19-13-12-18(14-24(19)31)25-21(28)5-3-6-22(25)29/h2-14H,15H2,1H3,(H2,30,32). The summed E-state index contributed by atoms with van der Waals surface area (Å²) in [5, 5.41) is 3.01. The number of fused-ring (bicyclic) bond motifs is 3. The third-order valence-electron chi connectivity index (χ3n) is 5.87. The smallest absolute Gasteiger partial charge is 0.249 e. The van der Waals surface area contributed by atoms with Gasteiger partial charge in [0.15, 0.2) is 0 Å².